The number of hydrogen-bond donors (Lipinski definition) is 0. The van der Waals surface area contributed by atoms with E-state index >= 15 is 0 Å². The first-order valence-electron chi connectivity index (χ1n) is 7.02. The third kappa shape index (κ3) is 3.21. The van der Waals surface area contributed by atoms with E-state index in [-0.39, 0.29) is 17.8 Å². The van der Waals surface area contributed by atoms with E-state index in [1.807, 2.05) is 19.1 Å². The van der Waals surface area contributed by atoms with E-state index in [1.54, 1.807) is 0 Å². The van der Waals surface area contributed by atoms with Crippen molar-refractivity contribution < 1.29 is 9.18 Å². The van der Waals surface area contributed by atoms with Crippen molar-refractivity contribution >= 4 is 5.78 Å². The van der Waals surface area contributed by atoms with Gasteiger partial charge in [0.05, 0.1) is 0 Å². The molecule has 0 radical (unpaired) electrons. The molecule has 0 amide bonds. The van der Waals surface area contributed by atoms with Gasteiger partial charge in [0.15, 0.2) is 0 Å². The van der Waals surface area contributed by atoms with Gasteiger partial charge in [0.2, 0.25) is 0 Å². The van der Waals surface area contributed by atoms with Crippen molar-refractivity contribution in [1.29, 1.82) is 0 Å². The van der Waals surface area contributed by atoms with Crippen LogP contribution >= 0.6 is 0 Å². The molecule has 19 heavy (non-hydrogen) atoms. The van der Waals surface area contributed by atoms with Crippen LogP contribution in [0.4, 0.5) is 4.39 Å². The fraction of sp³-hybridized carbons (Fsp3) is 0.562. The standard InChI is InChI=1S/C16H22FNO/c1-11(10-14-4-6-15(17)7-5-14)18-9-8-16(19)12(2)13(18)3/h4-7,11-13H,8-10H2,1-3H3. The largest absolute Gasteiger partial charge is 0.299 e. The molecule has 1 aromatic rings. The first-order valence-corrected chi connectivity index (χ1v) is 7.02. The first kappa shape index (κ1) is 14.2. The van der Waals surface area contributed by atoms with Crippen molar-refractivity contribution in [2.24, 2.45) is 5.92 Å². The molecular formula is C16H22FNO. The van der Waals surface area contributed by atoms with Crippen LogP contribution < -0.4 is 0 Å². The lowest BCUT2D eigenvalue weighted by atomic mass is 9.89. The summed E-state index contributed by atoms with van der Waals surface area (Å²) < 4.78 is 12.9. The molecule has 0 saturated carbocycles. The highest BCUT2D eigenvalue weighted by Crippen LogP contribution is 2.23. The van der Waals surface area contributed by atoms with Gasteiger partial charge in [-0.1, -0.05) is 19.1 Å². The van der Waals surface area contributed by atoms with Crippen molar-refractivity contribution in [3.05, 3.63) is 35.6 Å². The maximum atomic E-state index is 12.9. The first-order chi connectivity index (χ1) is 8.99. The lowest BCUT2D eigenvalue weighted by Gasteiger charge is -2.41. The van der Waals surface area contributed by atoms with Crippen LogP contribution in [-0.2, 0) is 11.2 Å². The Bertz CT molecular complexity index is 443. The van der Waals surface area contributed by atoms with Crippen molar-refractivity contribution in [2.45, 2.75) is 45.7 Å². The third-order valence-electron chi connectivity index (χ3n) is 4.38. The zero-order valence-electron chi connectivity index (χ0n) is 11.9. The quantitative estimate of drug-likeness (QED) is 0.835. The summed E-state index contributed by atoms with van der Waals surface area (Å²) in [4.78, 5) is 14.1. The molecule has 1 aromatic carbocycles. The lowest BCUT2D eigenvalue weighted by molar-refractivity contribution is -0.128. The molecule has 1 saturated heterocycles. The Hall–Kier alpha value is -1.22. The van der Waals surface area contributed by atoms with Crippen molar-refractivity contribution in [3.63, 3.8) is 0 Å². The highest BCUT2D eigenvalue weighted by molar-refractivity contribution is 5.82. The van der Waals surface area contributed by atoms with E-state index in [9.17, 15) is 9.18 Å². The lowest BCUT2D eigenvalue weighted by Crippen LogP contribution is -2.51. The Morgan fingerprint density at radius 1 is 1.32 bits per heavy atom. The molecule has 2 rings (SSSR count). The van der Waals surface area contributed by atoms with E-state index in [1.165, 1.54) is 12.1 Å². The summed E-state index contributed by atoms with van der Waals surface area (Å²) in [5.74, 6) is 0.295. The molecule has 3 heteroatoms. The molecule has 3 unspecified atom stereocenters. The predicted molar refractivity (Wildman–Crippen MR) is 74.5 cm³/mol. The number of halogens is 1. The van der Waals surface area contributed by atoms with Gasteiger partial charge in [-0.05, 0) is 38.0 Å². The summed E-state index contributed by atoms with van der Waals surface area (Å²) in [6, 6.07) is 7.36. The van der Waals surface area contributed by atoms with E-state index in [0.717, 1.165) is 18.5 Å². The second-order valence-electron chi connectivity index (χ2n) is 5.66. The van der Waals surface area contributed by atoms with Crippen LogP contribution in [0.3, 0.4) is 0 Å². The van der Waals surface area contributed by atoms with E-state index in [0.29, 0.717) is 18.2 Å². The third-order valence-corrected chi connectivity index (χ3v) is 4.38. The Kier molecular flexibility index (Phi) is 4.35. The molecule has 104 valence electrons. The fourth-order valence-corrected chi connectivity index (χ4v) is 2.93. The number of rotatable bonds is 3. The van der Waals surface area contributed by atoms with Crippen molar-refractivity contribution in [1.82, 2.24) is 4.90 Å². The molecule has 0 N–H and O–H groups in total. The molecule has 1 heterocycles. The van der Waals surface area contributed by atoms with Crippen LogP contribution in [0.1, 0.15) is 32.8 Å². The minimum atomic E-state index is -0.193. The second kappa shape index (κ2) is 5.83. The number of benzene rings is 1. The summed E-state index contributed by atoms with van der Waals surface area (Å²) in [6.07, 6.45) is 1.55. The average Bonchev–Trinajstić information content (AvgIpc) is 2.39. The van der Waals surface area contributed by atoms with Crippen LogP contribution in [-0.4, -0.2) is 29.3 Å². The number of carbonyl (C=O) groups excluding carboxylic acids is 1. The van der Waals surface area contributed by atoms with Gasteiger partial charge in [0.1, 0.15) is 11.6 Å². The smallest absolute Gasteiger partial charge is 0.138 e. The normalized spacial score (nSPS) is 26.4. The molecular weight excluding hydrogens is 241 g/mol. The van der Waals surface area contributed by atoms with E-state index in [4.69, 9.17) is 0 Å². The molecule has 0 bridgehead atoms. The predicted octanol–water partition coefficient (Wildman–Crippen LogP) is 3.06. The molecule has 0 aromatic heterocycles. The number of nitrogens with zero attached hydrogens (tertiary/aromatic N) is 1. The zero-order chi connectivity index (χ0) is 14.0. The molecule has 0 spiro atoms. The van der Waals surface area contributed by atoms with Gasteiger partial charge in [0, 0.05) is 31.0 Å². The Labute approximate surface area is 114 Å². The van der Waals surface area contributed by atoms with Gasteiger partial charge in [-0.25, -0.2) is 4.39 Å². The Morgan fingerprint density at radius 3 is 2.58 bits per heavy atom. The number of likely N-dealkylation sites (tertiary alicyclic amines) is 1. The summed E-state index contributed by atoms with van der Waals surface area (Å²) in [7, 11) is 0. The number of hydrogen-bond acceptors (Lipinski definition) is 2. The van der Waals surface area contributed by atoms with E-state index < -0.39 is 0 Å². The van der Waals surface area contributed by atoms with Gasteiger partial charge < -0.3 is 0 Å². The van der Waals surface area contributed by atoms with Crippen LogP contribution in [0.15, 0.2) is 24.3 Å². The van der Waals surface area contributed by atoms with Gasteiger partial charge in [0.25, 0.3) is 0 Å². The van der Waals surface area contributed by atoms with Gasteiger partial charge in [-0.2, -0.15) is 0 Å². The maximum Gasteiger partial charge on any atom is 0.138 e. The highest BCUT2D eigenvalue weighted by atomic mass is 19.1. The molecule has 1 aliphatic rings. The summed E-state index contributed by atoms with van der Waals surface area (Å²) in [5.41, 5.74) is 1.14. The Balaban J connectivity index is 2.01. The van der Waals surface area contributed by atoms with Crippen LogP contribution in [0.5, 0.6) is 0 Å². The van der Waals surface area contributed by atoms with Gasteiger partial charge >= 0.3 is 0 Å². The fourth-order valence-electron chi connectivity index (χ4n) is 2.93. The minimum absolute atomic E-state index is 0.115. The van der Waals surface area contributed by atoms with Crippen LogP contribution in [0.2, 0.25) is 0 Å². The Morgan fingerprint density at radius 2 is 1.95 bits per heavy atom. The summed E-state index contributed by atoms with van der Waals surface area (Å²) in [6.45, 7) is 7.17. The summed E-state index contributed by atoms with van der Waals surface area (Å²) in [5, 5.41) is 0. The van der Waals surface area contributed by atoms with Crippen molar-refractivity contribution in [2.75, 3.05) is 6.54 Å². The van der Waals surface area contributed by atoms with Crippen molar-refractivity contribution in [3.8, 4) is 0 Å². The second-order valence-corrected chi connectivity index (χ2v) is 5.66. The van der Waals surface area contributed by atoms with E-state index in [2.05, 4.69) is 18.7 Å². The average molecular weight is 263 g/mol. The van der Waals surface area contributed by atoms with Gasteiger partial charge in [-0.15, -0.1) is 0 Å². The number of Topliss-reactive ketones (excluding diaryl/α,β-unsaturated/α-hetero) is 1. The number of carbonyl (C=O) groups is 1. The molecule has 1 fully saturated rings. The minimum Gasteiger partial charge on any atom is -0.299 e. The molecule has 2 nitrogen and oxygen atoms in total. The molecule has 3 atom stereocenters. The number of ketones is 1. The number of piperidine rings is 1. The molecule has 0 aliphatic carbocycles. The monoisotopic (exact) mass is 263 g/mol. The highest BCUT2D eigenvalue weighted by Gasteiger charge is 2.33. The maximum absolute atomic E-state index is 12.9. The SMILES string of the molecule is CC1C(=O)CCN(C(C)Cc2ccc(F)cc2)C1C. The summed E-state index contributed by atoms with van der Waals surface area (Å²) >= 11 is 0. The topological polar surface area (TPSA) is 20.3 Å². The molecule has 1 aliphatic heterocycles. The van der Waals surface area contributed by atoms with Gasteiger partial charge in [-0.3, -0.25) is 9.69 Å². The van der Waals surface area contributed by atoms with Crippen LogP contribution in [0, 0.1) is 11.7 Å². The van der Waals surface area contributed by atoms with Crippen LogP contribution in [0.25, 0.3) is 0 Å². The zero-order valence-corrected chi connectivity index (χ0v) is 11.9.